The Bertz CT molecular complexity index is 1440. The second kappa shape index (κ2) is 9.11. The number of hydrogen-bond acceptors (Lipinski definition) is 5. The summed E-state index contributed by atoms with van der Waals surface area (Å²) in [7, 11) is 0. The Kier molecular flexibility index (Phi) is 6.07. The number of carbonyl (C=O) groups excluding carboxylic acids is 1. The Labute approximate surface area is 193 Å². The minimum atomic E-state index is -0.556. The summed E-state index contributed by atoms with van der Waals surface area (Å²) in [5.74, 6) is -0.762. The third-order valence-corrected chi connectivity index (χ3v) is 5.22. The number of nitrogens with one attached hydrogen (secondary N) is 1. The molecule has 10 heteroatoms. The van der Waals surface area contributed by atoms with Crippen molar-refractivity contribution in [2.45, 2.75) is 25.9 Å². The maximum Gasteiger partial charge on any atom is 0.226 e. The summed E-state index contributed by atoms with van der Waals surface area (Å²) in [6.07, 6.45) is 5.15. The van der Waals surface area contributed by atoms with Gasteiger partial charge in [0, 0.05) is 30.2 Å². The molecule has 1 N–H and O–H groups in total. The van der Waals surface area contributed by atoms with Gasteiger partial charge < -0.3 is 9.72 Å². The van der Waals surface area contributed by atoms with Gasteiger partial charge in [-0.2, -0.15) is 15.6 Å². The van der Waals surface area contributed by atoms with Crippen LogP contribution in [0.15, 0.2) is 48.9 Å². The number of aromatic nitrogens is 4. The van der Waals surface area contributed by atoms with E-state index in [1.165, 1.54) is 6.07 Å². The fraction of sp³-hybridized carbons (Fsp3) is 0.174. The maximum absolute atomic E-state index is 13.8. The van der Waals surface area contributed by atoms with E-state index in [0.717, 1.165) is 6.07 Å². The SMILES string of the molecule is C[C@@H](Cn1ccc(-c2cc(F)cc(Cl)c2C#N)n1)NC(=O)Cc1cn2cc(C#N)ccc2n1. The van der Waals surface area contributed by atoms with Crippen molar-refractivity contribution in [3.63, 3.8) is 0 Å². The highest BCUT2D eigenvalue weighted by molar-refractivity contribution is 6.32. The van der Waals surface area contributed by atoms with Gasteiger partial charge in [-0.1, -0.05) is 11.6 Å². The summed E-state index contributed by atoms with van der Waals surface area (Å²) in [5.41, 5.74) is 2.62. The molecule has 4 rings (SSSR count). The maximum atomic E-state index is 13.8. The van der Waals surface area contributed by atoms with E-state index in [1.54, 1.807) is 45.9 Å². The minimum absolute atomic E-state index is 0.0264. The lowest BCUT2D eigenvalue weighted by molar-refractivity contribution is -0.121. The third-order valence-electron chi connectivity index (χ3n) is 4.92. The van der Waals surface area contributed by atoms with E-state index in [2.05, 4.69) is 21.5 Å². The van der Waals surface area contributed by atoms with Gasteiger partial charge in [-0.3, -0.25) is 9.48 Å². The lowest BCUT2D eigenvalue weighted by Crippen LogP contribution is -2.36. The molecule has 1 amide bonds. The molecule has 3 aromatic heterocycles. The number of fused-ring (bicyclic) bond motifs is 1. The van der Waals surface area contributed by atoms with Crippen LogP contribution in [0, 0.1) is 28.5 Å². The van der Waals surface area contributed by atoms with Gasteiger partial charge in [0.05, 0.1) is 40.5 Å². The average molecular weight is 462 g/mol. The molecule has 3 heterocycles. The fourth-order valence-electron chi connectivity index (χ4n) is 3.51. The number of carbonyl (C=O) groups is 1. The predicted octanol–water partition coefficient (Wildman–Crippen LogP) is 3.48. The molecule has 4 aromatic rings. The quantitative estimate of drug-likeness (QED) is 0.472. The first-order valence-electron chi connectivity index (χ1n) is 9.96. The molecular formula is C23H17ClFN7O. The van der Waals surface area contributed by atoms with E-state index in [0.29, 0.717) is 34.7 Å². The molecule has 0 aliphatic carbocycles. The van der Waals surface area contributed by atoms with Gasteiger partial charge in [0.2, 0.25) is 5.91 Å². The Morgan fingerprint density at radius 3 is 2.82 bits per heavy atom. The summed E-state index contributed by atoms with van der Waals surface area (Å²) in [5, 5.41) is 25.7. The zero-order valence-corrected chi connectivity index (χ0v) is 18.2. The number of hydrogen-bond donors (Lipinski definition) is 1. The summed E-state index contributed by atoms with van der Waals surface area (Å²) in [4.78, 5) is 16.9. The number of pyridine rings is 1. The highest BCUT2D eigenvalue weighted by Gasteiger charge is 2.16. The zero-order chi connectivity index (χ0) is 23.5. The summed E-state index contributed by atoms with van der Waals surface area (Å²) >= 11 is 5.98. The monoisotopic (exact) mass is 461 g/mol. The highest BCUT2D eigenvalue weighted by atomic mass is 35.5. The average Bonchev–Trinajstić information content (AvgIpc) is 3.38. The van der Waals surface area contributed by atoms with Crippen molar-refractivity contribution in [2.75, 3.05) is 0 Å². The Hall–Kier alpha value is -4.21. The molecule has 0 saturated heterocycles. The lowest BCUT2D eigenvalue weighted by Gasteiger charge is -2.13. The first-order valence-corrected chi connectivity index (χ1v) is 10.3. The molecule has 0 bridgehead atoms. The van der Waals surface area contributed by atoms with E-state index >= 15 is 0 Å². The molecule has 0 aliphatic heterocycles. The van der Waals surface area contributed by atoms with Crippen molar-refractivity contribution in [2.24, 2.45) is 0 Å². The molecular weight excluding hydrogens is 445 g/mol. The predicted molar refractivity (Wildman–Crippen MR) is 119 cm³/mol. The van der Waals surface area contributed by atoms with Gasteiger partial charge in [-0.05, 0) is 37.3 Å². The second-order valence-corrected chi connectivity index (χ2v) is 7.92. The number of rotatable bonds is 6. The van der Waals surface area contributed by atoms with Crippen LogP contribution in [0.2, 0.25) is 5.02 Å². The molecule has 0 spiro atoms. The summed E-state index contributed by atoms with van der Waals surface area (Å²) in [6.45, 7) is 2.20. The van der Waals surface area contributed by atoms with Crippen molar-refractivity contribution in [3.05, 3.63) is 76.6 Å². The normalized spacial score (nSPS) is 11.7. The topological polar surface area (TPSA) is 112 Å². The van der Waals surface area contributed by atoms with Crippen molar-refractivity contribution in [1.82, 2.24) is 24.5 Å². The molecule has 8 nitrogen and oxygen atoms in total. The zero-order valence-electron chi connectivity index (χ0n) is 17.5. The third kappa shape index (κ3) is 4.84. The number of nitrogens with zero attached hydrogens (tertiary/aromatic N) is 6. The van der Waals surface area contributed by atoms with Crippen LogP contribution in [0.1, 0.15) is 23.7 Å². The van der Waals surface area contributed by atoms with E-state index in [4.69, 9.17) is 16.9 Å². The first kappa shape index (κ1) is 22.0. The standard InChI is InChI=1S/C23H17ClFN7O/c1-14(28-23(33)8-17-13-31-12-15(9-26)2-3-22(31)29-17)11-32-5-4-21(30-32)18-6-16(25)7-20(24)19(18)10-27/h2-7,12-14H,8,11H2,1H3,(H,28,33)/t14-/m0/s1. The van der Waals surface area contributed by atoms with Gasteiger partial charge in [-0.25, -0.2) is 9.37 Å². The van der Waals surface area contributed by atoms with Gasteiger partial charge >= 0.3 is 0 Å². The van der Waals surface area contributed by atoms with Gasteiger partial charge in [0.15, 0.2) is 0 Å². The van der Waals surface area contributed by atoms with Crippen LogP contribution in [-0.2, 0) is 17.8 Å². The van der Waals surface area contributed by atoms with Crippen LogP contribution in [0.25, 0.3) is 16.9 Å². The van der Waals surface area contributed by atoms with Crippen molar-refractivity contribution in [3.8, 4) is 23.4 Å². The Balaban J connectivity index is 1.40. The largest absolute Gasteiger partial charge is 0.351 e. The lowest BCUT2D eigenvalue weighted by atomic mass is 10.1. The molecule has 0 radical (unpaired) electrons. The van der Waals surface area contributed by atoms with Crippen LogP contribution in [0.4, 0.5) is 4.39 Å². The summed E-state index contributed by atoms with van der Waals surface area (Å²) < 4.78 is 17.1. The fourth-order valence-corrected chi connectivity index (χ4v) is 3.76. The molecule has 1 aromatic carbocycles. The highest BCUT2D eigenvalue weighted by Crippen LogP contribution is 2.28. The molecule has 1 atom stereocenters. The first-order chi connectivity index (χ1) is 15.9. The number of imidazole rings is 1. The molecule has 0 unspecified atom stereocenters. The molecule has 0 fully saturated rings. The number of benzene rings is 1. The van der Waals surface area contributed by atoms with E-state index in [1.807, 2.05) is 13.0 Å². The Morgan fingerprint density at radius 1 is 1.24 bits per heavy atom. The molecule has 164 valence electrons. The minimum Gasteiger partial charge on any atom is -0.351 e. The van der Waals surface area contributed by atoms with Crippen LogP contribution in [0.5, 0.6) is 0 Å². The number of amides is 1. The smallest absolute Gasteiger partial charge is 0.226 e. The number of nitriles is 2. The van der Waals surface area contributed by atoms with Crippen LogP contribution in [0.3, 0.4) is 0 Å². The molecule has 0 saturated carbocycles. The van der Waals surface area contributed by atoms with E-state index in [9.17, 15) is 14.4 Å². The van der Waals surface area contributed by atoms with E-state index < -0.39 is 5.82 Å². The summed E-state index contributed by atoms with van der Waals surface area (Å²) in [6, 6.07) is 11.2. The van der Waals surface area contributed by atoms with Crippen molar-refractivity contribution < 1.29 is 9.18 Å². The van der Waals surface area contributed by atoms with Crippen molar-refractivity contribution in [1.29, 1.82) is 10.5 Å². The van der Waals surface area contributed by atoms with Gasteiger partial charge in [0.1, 0.15) is 23.6 Å². The Morgan fingerprint density at radius 2 is 2.06 bits per heavy atom. The van der Waals surface area contributed by atoms with Gasteiger partial charge in [-0.15, -0.1) is 0 Å². The number of halogens is 2. The molecule has 33 heavy (non-hydrogen) atoms. The molecule has 0 aliphatic rings. The van der Waals surface area contributed by atoms with Gasteiger partial charge in [0.25, 0.3) is 0 Å². The second-order valence-electron chi connectivity index (χ2n) is 7.52. The van der Waals surface area contributed by atoms with Crippen molar-refractivity contribution >= 4 is 23.2 Å². The van der Waals surface area contributed by atoms with E-state index in [-0.39, 0.29) is 29.0 Å². The van der Waals surface area contributed by atoms with Crippen LogP contribution in [-0.4, -0.2) is 31.1 Å². The van der Waals surface area contributed by atoms with Crippen LogP contribution >= 0.6 is 11.6 Å². The van der Waals surface area contributed by atoms with Crippen LogP contribution < -0.4 is 5.32 Å².